The van der Waals surface area contributed by atoms with Crippen LogP contribution < -0.4 is 5.56 Å². The first-order valence-corrected chi connectivity index (χ1v) is 10.1. The van der Waals surface area contributed by atoms with Crippen molar-refractivity contribution in [3.63, 3.8) is 0 Å². The number of fused-ring (bicyclic) bond motifs is 1. The van der Waals surface area contributed by atoms with Gasteiger partial charge in [-0.1, -0.05) is 36.0 Å². The lowest BCUT2D eigenvalue weighted by atomic mass is 10.0. The average Bonchev–Trinajstić information content (AvgIpc) is 2.69. The monoisotopic (exact) mass is 396 g/mol. The summed E-state index contributed by atoms with van der Waals surface area (Å²) in [6.07, 6.45) is 0. The zero-order chi connectivity index (χ0) is 20.3. The first kappa shape index (κ1) is 20.3. The number of rotatable bonds is 7. The van der Waals surface area contributed by atoms with Gasteiger partial charge in [0.25, 0.3) is 5.56 Å². The Labute approximate surface area is 168 Å². The van der Waals surface area contributed by atoms with Crippen molar-refractivity contribution in [2.75, 3.05) is 13.7 Å². The normalized spacial score (nSPS) is 12.3. The van der Waals surface area contributed by atoms with Gasteiger partial charge in [0.1, 0.15) is 0 Å². The highest BCUT2D eigenvalue weighted by atomic mass is 32.2. The number of ether oxygens (including phenoxy) is 1. The van der Waals surface area contributed by atoms with Crippen molar-refractivity contribution in [1.29, 1.82) is 0 Å². The second kappa shape index (κ2) is 8.71. The van der Waals surface area contributed by atoms with E-state index in [0.717, 1.165) is 11.1 Å². The van der Waals surface area contributed by atoms with Crippen LogP contribution in [0.4, 0.5) is 0 Å². The molecule has 6 heteroatoms. The maximum Gasteiger partial charge on any atom is 0.262 e. The zero-order valence-electron chi connectivity index (χ0n) is 16.6. The van der Waals surface area contributed by atoms with Crippen molar-refractivity contribution in [3.8, 4) is 0 Å². The van der Waals surface area contributed by atoms with E-state index in [4.69, 9.17) is 4.74 Å². The number of benzene rings is 2. The minimum atomic E-state index is -0.371. The van der Waals surface area contributed by atoms with E-state index in [1.54, 1.807) is 17.7 Å². The quantitative estimate of drug-likeness (QED) is 0.343. The number of thioether (sulfide) groups is 1. The predicted octanol–water partition coefficient (Wildman–Crippen LogP) is 4.02. The molecule has 0 fully saturated rings. The summed E-state index contributed by atoms with van der Waals surface area (Å²) in [5, 5.41) is 0.727. The molecule has 146 valence electrons. The molecule has 1 atom stereocenters. The third kappa shape index (κ3) is 4.18. The second-order valence-electron chi connectivity index (χ2n) is 6.78. The summed E-state index contributed by atoms with van der Waals surface area (Å²) in [6, 6.07) is 13.0. The van der Waals surface area contributed by atoms with Crippen molar-refractivity contribution in [2.45, 2.75) is 37.7 Å². The standard InChI is InChI=1S/C22H24N2O3S/c1-14-9-10-17(13-15(14)2)20(25)16(3)28-22-23-19-8-6-5-7-18(19)21(26)24(22)11-12-27-4/h5-10,13,16H,11-12H2,1-4H3/t16-/m1/s1. The van der Waals surface area contributed by atoms with Crippen LogP contribution >= 0.6 is 11.8 Å². The Morgan fingerprint density at radius 3 is 2.64 bits per heavy atom. The van der Waals surface area contributed by atoms with Crippen molar-refractivity contribution in [2.24, 2.45) is 0 Å². The summed E-state index contributed by atoms with van der Waals surface area (Å²) in [6.45, 7) is 6.66. The van der Waals surface area contributed by atoms with Gasteiger partial charge >= 0.3 is 0 Å². The molecule has 1 heterocycles. The number of aromatic nitrogens is 2. The molecule has 0 spiro atoms. The van der Waals surface area contributed by atoms with Gasteiger partial charge in [0, 0.05) is 12.7 Å². The van der Waals surface area contributed by atoms with Crippen LogP contribution in [0, 0.1) is 13.8 Å². The summed E-state index contributed by atoms with van der Waals surface area (Å²) in [5.41, 5.74) is 3.44. The Morgan fingerprint density at radius 2 is 1.93 bits per heavy atom. The van der Waals surface area contributed by atoms with Crippen LogP contribution in [-0.2, 0) is 11.3 Å². The number of nitrogens with zero attached hydrogens (tertiary/aromatic N) is 2. The molecular formula is C22H24N2O3S. The summed E-state index contributed by atoms with van der Waals surface area (Å²) in [7, 11) is 1.60. The molecule has 0 radical (unpaired) electrons. The highest BCUT2D eigenvalue weighted by Crippen LogP contribution is 2.25. The van der Waals surface area contributed by atoms with E-state index in [-0.39, 0.29) is 16.6 Å². The molecule has 0 aliphatic carbocycles. The molecule has 0 saturated carbocycles. The molecule has 0 bridgehead atoms. The Morgan fingerprint density at radius 1 is 1.18 bits per heavy atom. The summed E-state index contributed by atoms with van der Waals surface area (Å²) < 4.78 is 6.75. The van der Waals surface area contributed by atoms with E-state index < -0.39 is 0 Å². The van der Waals surface area contributed by atoms with Crippen LogP contribution in [0.1, 0.15) is 28.4 Å². The van der Waals surface area contributed by atoms with Gasteiger partial charge in [-0.05, 0) is 50.1 Å². The molecule has 0 unspecified atom stereocenters. The first-order valence-electron chi connectivity index (χ1n) is 9.19. The number of hydrogen-bond acceptors (Lipinski definition) is 5. The van der Waals surface area contributed by atoms with Crippen LogP contribution in [-0.4, -0.2) is 34.3 Å². The lowest BCUT2D eigenvalue weighted by Crippen LogP contribution is -2.26. The number of methoxy groups -OCH3 is 1. The van der Waals surface area contributed by atoms with Crippen molar-refractivity contribution in [1.82, 2.24) is 9.55 Å². The van der Waals surface area contributed by atoms with Crippen LogP contribution in [0.2, 0.25) is 0 Å². The Bertz CT molecular complexity index is 1080. The number of carbonyl (C=O) groups excluding carboxylic acids is 1. The molecule has 0 aliphatic heterocycles. The van der Waals surface area contributed by atoms with E-state index in [2.05, 4.69) is 4.98 Å². The lowest BCUT2D eigenvalue weighted by molar-refractivity contribution is 0.0993. The van der Waals surface area contributed by atoms with E-state index in [1.165, 1.54) is 11.8 Å². The third-order valence-corrected chi connectivity index (χ3v) is 5.88. The van der Waals surface area contributed by atoms with E-state index in [1.807, 2.05) is 57.2 Å². The highest BCUT2D eigenvalue weighted by molar-refractivity contribution is 8.00. The molecule has 0 aliphatic rings. The smallest absolute Gasteiger partial charge is 0.262 e. The minimum absolute atomic E-state index is 0.0220. The minimum Gasteiger partial charge on any atom is -0.383 e. The van der Waals surface area contributed by atoms with Gasteiger partial charge in [-0.15, -0.1) is 0 Å². The number of para-hydroxylation sites is 1. The van der Waals surface area contributed by atoms with Crippen molar-refractivity contribution >= 4 is 28.4 Å². The van der Waals surface area contributed by atoms with Gasteiger partial charge in [-0.25, -0.2) is 4.98 Å². The fraction of sp³-hybridized carbons (Fsp3) is 0.318. The fourth-order valence-corrected chi connectivity index (χ4v) is 3.97. The molecule has 2 aromatic carbocycles. The third-order valence-electron chi connectivity index (χ3n) is 4.79. The topological polar surface area (TPSA) is 61.2 Å². The summed E-state index contributed by atoms with van der Waals surface area (Å²) >= 11 is 1.31. The van der Waals surface area contributed by atoms with Gasteiger partial charge in [-0.3, -0.25) is 14.2 Å². The molecule has 1 aromatic heterocycles. The average molecular weight is 397 g/mol. The zero-order valence-corrected chi connectivity index (χ0v) is 17.4. The highest BCUT2D eigenvalue weighted by Gasteiger charge is 2.21. The Kier molecular flexibility index (Phi) is 6.31. The van der Waals surface area contributed by atoms with Gasteiger partial charge in [0.2, 0.25) is 0 Å². The SMILES string of the molecule is COCCn1c(S[C@H](C)C(=O)c2ccc(C)c(C)c2)nc2ccccc2c1=O. The molecule has 3 aromatic rings. The maximum atomic E-state index is 12.9. The molecular weight excluding hydrogens is 372 g/mol. The van der Waals surface area contributed by atoms with Crippen LogP contribution in [0.15, 0.2) is 52.4 Å². The van der Waals surface area contributed by atoms with Gasteiger partial charge in [0.05, 0.1) is 29.3 Å². The molecule has 0 N–H and O–H groups in total. The Balaban J connectivity index is 1.96. The Hall–Kier alpha value is -2.44. The van der Waals surface area contributed by atoms with E-state index >= 15 is 0 Å². The summed E-state index contributed by atoms with van der Waals surface area (Å²) in [4.78, 5) is 30.5. The van der Waals surface area contributed by atoms with Gasteiger partial charge < -0.3 is 4.74 Å². The number of carbonyl (C=O) groups is 1. The molecule has 5 nitrogen and oxygen atoms in total. The first-order chi connectivity index (χ1) is 13.4. The largest absolute Gasteiger partial charge is 0.383 e. The van der Waals surface area contributed by atoms with Gasteiger partial charge in [-0.2, -0.15) is 0 Å². The van der Waals surface area contributed by atoms with Crippen molar-refractivity contribution in [3.05, 3.63) is 69.5 Å². The number of Topliss-reactive ketones (excluding diaryl/α,β-unsaturated/α-hetero) is 1. The van der Waals surface area contributed by atoms with Crippen LogP contribution in [0.3, 0.4) is 0 Å². The fourth-order valence-electron chi connectivity index (χ4n) is 2.96. The lowest BCUT2D eigenvalue weighted by Gasteiger charge is -2.16. The van der Waals surface area contributed by atoms with Gasteiger partial charge in [0.15, 0.2) is 10.9 Å². The van der Waals surface area contributed by atoms with E-state index in [9.17, 15) is 9.59 Å². The molecule has 0 amide bonds. The predicted molar refractivity (Wildman–Crippen MR) is 113 cm³/mol. The molecule has 3 rings (SSSR count). The number of aryl methyl sites for hydroxylation is 2. The second-order valence-corrected chi connectivity index (χ2v) is 8.09. The maximum absolute atomic E-state index is 12.9. The summed E-state index contributed by atoms with van der Waals surface area (Å²) in [5.74, 6) is 0.0220. The molecule has 28 heavy (non-hydrogen) atoms. The van der Waals surface area contributed by atoms with Crippen LogP contribution in [0.5, 0.6) is 0 Å². The number of ketones is 1. The molecule has 0 saturated heterocycles. The van der Waals surface area contributed by atoms with Crippen molar-refractivity contribution < 1.29 is 9.53 Å². The van der Waals surface area contributed by atoms with E-state index in [0.29, 0.717) is 34.8 Å². The van der Waals surface area contributed by atoms with Crippen LogP contribution in [0.25, 0.3) is 10.9 Å². The number of hydrogen-bond donors (Lipinski definition) is 0.